The maximum absolute atomic E-state index is 12.1. The predicted octanol–water partition coefficient (Wildman–Crippen LogP) is 1.42. The molecule has 0 aromatic heterocycles. The smallest absolute Gasteiger partial charge is 0.243 e. The molecule has 0 bridgehead atoms. The molecule has 8 heteroatoms. The molecule has 19 heavy (non-hydrogen) atoms. The first kappa shape index (κ1) is 15.0. The van der Waals surface area contributed by atoms with E-state index < -0.39 is 15.6 Å². The SMILES string of the molecule is O=S(=O)(NCC1(O)CCOC1)c1c(Cl)cccc1Cl. The number of halogens is 2. The van der Waals surface area contributed by atoms with Gasteiger partial charge in [-0.05, 0) is 12.1 Å². The summed E-state index contributed by atoms with van der Waals surface area (Å²) in [6, 6.07) is 4.44. The summed E-state index contributed by atoms with van der Waals surface area (Å²) in [5, 5.41) is 10.1. The van der Waals surface area contributed by atoms with Crippen molar-refractivity contribution in [1.29, 1.82) is 0 Å². The van der Waals surface area contributed by atoms with Crippen LogP contribution < -0.4 is 4.72 Å². The third-order valence-electron chi connectivity index (χ3n) is 2.86. The van der Waals surface area contributed by atoms with Crippen LogP contribution in [0.15, 0.2) is 23.1 Å². The average Bonchev–Trinajstić information content (AvgIpc) is 2.74. The molecule has 1 fully saturated rings. The second kappa shape index (κ2) is 5.55. The van der Waals surface area contributed by atoms with Crippen LogP contribution in [0.1, 0.15) is 6.42 Å². The number of ether oxygens (including phenoxy) is 1. The molecule has 0 amide bonds. The van der Waals surface area contributed by atoms with Crippen molar-refractivity contribution in [2.45, 2.75) is 16.9 Å². The van der Waals surface area contributed by atoms with Crippen molar-refractivity contribution in [2.24, 2.45) is 0 Å². The van der Waals surface area contributed by atoms with Crippen molar-refractivity contribution in [3.63, 3.8) is 0 Å². The van der Waals surface area contributed by atoms with Gasteiger partial charge in [0.15, 0.2) is 0 Å². The van der Waals surface area contributed by atoms with E-state index in [9.17, 15) is 13.5 Å². The molecule has 1 unspecified atom stereocenters. The van der Waals surface area contributed by atoms with Crippen LogP contribution in [0.4, 0.5) is 0 Å². The lowest BCUT2D eigenvalue weighted by Gasteiger charge is -2.21. The zero-order valence-corrected chi connectivity index (χ0v) is 12.2. The van der Waals surface area contributed by atoms with Gasteiger partial charge in [-0.15, -0.1) is 0 Å². The van der Waals surface area contributed by atoms with E-state index >= 15 is 0 Å². The van der Waals surface area contributed by atoms with Crippen LogP contribution in [0.3, 0.4) is 0 Å². The monoisotopic (exact) mass is 325 g/mol. The van der Waals surface area contributed by atoms with Gasteiger partial charge in [-0.2, -0.15) is 0 Å². The van der Waals surface area contributed by atoms with Gasteiger partial charge >= 0.3 is 0 Å². The summed E-state index contributed by atoms with van der Waals surface area (Å²) in [5.74, 6) is 0. The molecule has 0 radical (unpaired) electrons. The summed E-state index contributed by atoms with van der Waals surface area (Å²) in [6.07, 6.45) is 0.381. The van der Waals surface area contributed by atoms with Gasteiger partial charge in [0.25, 0.3) is 0 Å². The highest BCUT2D eigenvalue weighted by Gasteiger charge is 2.34. The van der Waals surface area contributed by atoms with Crippen LogP contribution in [-0.4, -0.2) is 38.9 Å². The lowest BCUT2D eigenvalue weighted by Crippen LogP contribution is -2.43. The van der Waals surface area contributed by atoms with E-state index in [1.54, 1.807) is 6.07 Å². The summed E-state index contributed by atoms with van der Waals surface area (Å²) in [7, 11) is -3.88. The Bertz CT molecular complexity index is 550. The number of hydrogen-bond acceptors (Lipinski definition) is 4. The Morgan fingerprint density at radius 2 is 2.00 bits per heavy atom. The molecule has 1 aromatic carbocycles. The van der Waals surface area contributed by atoms with E-state index in [2.05, 4.69) is 4.72 Å². The molecule has 0 aliphatic carbocycles. The maximum atomic E-state index is 12.1. The number of sulfonamides is 1. The summed E-state index contributed by atoms with van der Waals surface area (Å²) in [6.45, 7) is 0.369. The van der Waals surface area contributed by atoms with Crippen molar-refractivity contribution < 1.29 is 18.3 Å². The molecule has 1 saturated heterocycles. The van der Waals surface area contributed by atoms with Crippen molar-refractivity contribution in [1.82, 2.24) is 4.72 Å². The lowest BCUT2D eigenvalue weighted by molar-refractivity contribution is 0.0314. The largest absolute Gasteiger partial charge is 0.386 e. The highest BCUT2D eigenvalue weighted by atomic mass is 35.5. The van der Waals surface area contributed by atoms with Crippen molar-refractivity contribution in [3.8, 4) is 0 Å². The molecule has 1 aliphatic heterocycles. The van der Waals surface area contributed by atoms with E-state index in [0.29, 0.717) is 13.0 Å². The zero-order valence-electron chi connectivity index (χ0n) is 9.90. The van der Waals surface area contributed by atoms with Gasteiger partial charge < -0.3 is 9.84 Å². The quantitative estimate of drug-likeness (QED) is 0.877. The van der Waals surface area contributed by atoms with Crippen molar-refractivity contribution in [2.75, 3.05) is 19.8 Å². The molecule has 1 heterocycles. The molecule has 1 aromatic rings. The van der Waals surface area contributed by atoms with Crippen LogP contribution in [0.5, 0.6) is 0 Å². The first-order chi connectivity index (χ1) is 8.84. The van der Waals surface area contributed by atoms with Crippen LogP contribution in [0, 0.1) is 0 Å². The number of rotatable bonds is 4. The first-order valence-electron chi connectivity index (χ1n) is 5.58. The first-order valence-corrected chi connectivity index (χ1v) is 7.82. The summed E-state index contributed by atoms with van der Waals surface area (Å²) < 4.78 is 31.6. The van der Waals surface area contributed by atoms with Crippen molar-refractivity contribution in [3.05, 3.63) is 28.2 Å². The van der Waals surface area contributed by atoms with E-state index in [4.69, 9.17) is 27.9 Å². The minimum Gasteiger partial charge on any atom is -0.386 e. The van der Waals surface area contributed by atoms with Gasteiger partial charge in [-0.1, -0.05) is 29.3 Å². The summed E-state index contributed by atoms with van der Waals surface area (Å²) in [4.78, 5) is -0.180. The Kier molecular flexibility index (Phi) is 4.39. The highest BCUT2D eigenvalue weighted by Crippen LogP contribution is 2.29. The molecule has 106 valence electrons. The number of benzene rings is 1. The average molecular weight is 326 g/mol. The lowest BCUT2D eigenvalue weighted by atomic mass is 10.1. The fourth-order valence-electron chi connectivity index (χ4n) is 1.78. The van der Waals surface area contributed by atoms with Gasteiger partial charge in [-0.25, -0.2) is 13.1 Å². The second-order valence-corrected chi connectivity index (χ2v) is 6.92. The normalized spacial score (nSPS) is 23.7. The van der Waals surface area contributed by atoms with E-state index in [0.717, 1.165) is 0 Å². The van der Waals surface area contributed by atoms with Gasteiger partial charge in [0, 0.05) is 19.6 Å². The molecule has 5 nitrogen and oxygen atoms in total. The Labute approximate surface area is 121 Å². The molecule has 1 aliphatic rings. The van der Waals surface area contributed by atoms with Crippen LogP contribution in [-0.2, 0) is 14.8 Å². The zero-order chi connectivity index (χ0) is 14.1. The third-order valence-corrected chi connectivity index (χ3v) is 5.22. The molecular weight excluding hydrogens is 313 g/mol. The number of aliphatic hydroxyl groups is 1. The Hall–Kier alpha value is -0.370. The third kappa shape index (κ3) is 3.39. The van der Waals surface area contributed by atoms with E-state index in [1.807, 2.05) is 0 Å². The molecular formula is C11H13Cl2NO4S. The Morgan fingerprint density at radius 1 is 1.37 bits per heavy atom. The predicted molar refractivity (Wildman–Crippen MR) is 72.0 cm³/mol. The second-order valence-electron chi connectivity index (χ2n) is 4.40. The molecule has 0 spiro atoms. The highest BCUT2D eigenvalue weighted by molar-refractivity contribution is 7.89. The minimum absolute atomic E-state index is 0.0367. The fourth-order valence-corrected chi connectivity index (χ4v) is 4.04. The van der Waals surface area contributed by atoms with Crippen LogP contribution in [0.25, 0.3) is 0 Å². The van der Waals surface area contributed by atoms with Gasteiger partial charge in [0.2, 0.25) is 10.0 Å². The van der Waals surface area contributed by atoms with Crippen LogP contribution >= 0.6 is 23.2 Å². The molecule has 2 rings (SSSR count). The minimum atomic E-state index is -3.88. The Balaban J connectivity index is 2.19. The van der Waals surface area contributed by atoms with E-state index in [-0.39, 0.29) is 28.1 Å². The fraction of sp³-hybridized carbons (Fsp3) is 0.455. The van der Waals surface area contributed by atoms with Gasteiger partial charge in [-0.3, -0.25) is 0 Å². The van der Waals surface area contributed by atoms with Gasteiger partial charge in [0.05, 0.1) is 16.7 Å². The van der Waals surface area contributed by atoms with Gasteiger partial charge in [0.1, 0.15) is 10.5 Å². The molecule has 1 atom stereocenters. The van der Waals surface area contributed by atoms with E-state index in [1.165, 1.54) is 12.1 Å². The maximum Gasteiger partial charge on any atom is 0.243 e. The summed E-state index contributed by atoms with van der Waals surface area (Å²) >= 11 is 11.7. The summed E-state index contributed by atoms with van der Waals surface area (Å²) in [5.41, 5.74) is -1.18. The molecule has 0 saturated carbocycles. The van der Waals surface area contributed by atoms with Crippen LogP contribution in [0.2, 0.25) is 10.0 Å². The van der Waals surface area contributed by atoms with Crippen molar-refractivity contribution >= 4 is 33.2 Å². The molecule has 2 N–H and O–H groups in total. The topological polar surface area (TPSA) is 75.6 Å². The Morgan fingerprint density at radius 3 is 2.53 bits per heavy atom. The number of hydrogen-bond donors (Lipinski definition) is 2. The standard InChI is InChI=1S/C11H13Cl2NO4S/c12-8-2-1-3-9(13)10(8)19(16,17)14-6-11(15)4-5-18-7-11/h1-3,14-15H,4-7H2. The number of nitrogens with one attached hydrogen (secondary N) is 1.